The van der Waals surface area contributed by atoms with Gasteiger partial charge in [0.1, 0.15) is 0 Å². The molecule has 1 amide bonds. The summed E-state index contributed by atoms with van der Waals surface area (Å²) in [7, 11) is 0. The van der Waals surface area contributed by atoms with Crippen LogP contribution in [0.4, 0.5) is 11.4 Å². The van der Waals surface area contributed by atoms with Gasteiger partial charge in [-0.1, -0.05) is 34.1 Å². The minimum absolute atomic E-state index is 0.0602. The van der Waals surface area contributed by atoms with Crippen LogP contribution in [0.3, 0.4) is 0 Å². The molecule has 0 bridgehead atoms. The maximum Gasteiger partial charge on any atom is 0.243 e. The summed E-state index contributed by atoms with van der Waals surface area (Å²) in [4.78, 5) is 11.9. The van der Waals surface area contributed by atoms with Gasteiger partial charge in [-0.25, -0.2) is 0 Å². The van der Waals surface area contributed by atoms with E-state index in [2.05, 4.69) is 26.6 Å². The summed E-state index contributed by atoms with van der Waals surface area (Å²) in [5.74, 6) is -0.0602. The van der Waals surface area contributed by atoms with Crippen LogP contribution in [0, 0.1) is 13.8 Å². The van der Waals surface area contributed by atoms with Crippen LogP contribution in [0.2, 0.25) is 0 Å². The number of benzene rings is 2. The van der Waals surface area contributed by atoms with Gasteiger partial charge in [-0.3, -0.25) is 4.79 Å². The molecule has 0 heterocycles. The first-order chi connectivity index (χ1) is 9.54. The molecular weight excluding hydrogens is 316 g/mol. The van der Waals surface area contributed by atoms with Crippen LogP contribution in [0.1, 0.15) is 11.1 Å². The maximum absolute atomic E-state index is 11.9. The topological polar surface area (TPSA) is 41.1 Å². The number of halogens is 1. The van der Waals surface area contributed by atoms with Gasteiger partial charge in [-0.05, 0) is 49.2 Å². The minimum atomic E-state index is -0.0602. The zero-order valence-electron chi connectivity index (χ0n) is 11.5. The van der Waals surface area contributed by atoms with Crippen molar-refractivity contribution in [2.24, 2.45) is 0 Å². The summed E-state index contributed by atoms with van der Waals surface area (Å²) in [5.41, 5.74) is 4.01. The molecule has 0 aliphatic carbocycles. The quantitative estimate of drug-likeness (QED) is 0.884. The SMILES string of the molecule is Cc1cccc(NC(=O)CNc2cc(Br)ccc2C)c1. The molecule has 0 aromatic heterocycles. The molecule has 2 rings (SSSR count). The van der Waals surface area contributed by atoms with E-state index in [1.54, 1.807) is 0 Å². The van der Waals surface area contributed by atoms with Gasteiger partial charge in [0.25, 0.3) is 0 Å². The van der Waals surface area contributed by atoms with E-state index in [-0.39, 0.29) is 12.5 Å². The summed E-state index contributed by atoms with van der Waals surface area (Å²) in [6.07, 6.45) is 0. The molecule has 0 spiro atoms. The number of amides is 1. The molecule has 0 unspecified atom stereocenters. The van der Waals surface area contributed by atoms with E-state index >= 15 is 0 Å². The molecule has 2 N–H and O–H groups in total. The Balaban J connectivity index is 1.94. The number of carbonyl (C=O) groups is 1. The van der Waals surface area contributed by atoms with Crippen molar-refractivity contribution < 1.29 is 4.79 Å². The molecule has 20 heavy (non-hydrogen) atoms. The van der Waals surface area contributed by atoms with Crippen molar-refractivity contribution in [2.45, 2.75) is 13.8 Å². The molecule has 2 aromatic rings. The molecule has 0 aliphatic rings. The molecule has 0 saturated heterocycles. The van der Waals surface area contributed by atoms with E-state index in [4.69, 9.17) is 0 Å². The lowest BCUT2D eigenvalue weighted by Gasteiger charge is -2.10. The zero-order chi connectivity index (χ0) is 14.5. The van der Waals surface area contributed by atoms with Gasteiger partial charge in [-0.15, -0.1) is 0 Å². The Hall–Kier alpha value is -1.81. The van der Waals surface area contributed by atoms with Crippen LogP contribution in [0.5, 0.6) is 0 Å². The van der Waals surface area contributed by atoms with E-state index in [1.807, 2.05) is 56.3 Å². The van der Waals surface area contributed by atoms with Crippen molar-refractivity contribution in [1.29, 1.82) is 0 Å². The van der Waals surface area contributed by atoms with Crippen LogP contribution in [0.15, 0.2) is 46.9 Å². The van der Waals surface area contributed by atoms with Crippen molar-refractivity contribution in [3.8, 4) is 0 Å². The van der Waals surface area contributed by atoms with E-state index < -0.39 is 0 Å². The zero-order valence-corrected chi connectivity index (χ0v) is 13.1. The molecule has 0 fully saturated rings. The van der Waals surface area contributed by atoms with Gasteiger partial charge in [0, 0.05) is 15.8 Å². The number of hydrogen-bond donors (Lipinski definition) is 2. The first kappa shape index (κ1) is 14.6. The minimum Gasteiger partial charge on any atom is -0.376 e. The average Bonchev–Trinajstić information content (AvgIpc) is 2.40. The normalized spacial score (nSPS) is 10.2. The summed E-state index contributed by atoms with van der Waals surface area (Å²) >= 11 is 3.42. The maximum atomic E-state index is 11.9. The van der Waals surface area contributed by atoms with Gasteiger partial charge in [0.15, 0.2) is 0 Å². The summed E-state index contributed by atoms with van der Waals surface area (Å²) in [6.45, 7) is 4.25. The highest BCUT2D eigenvalue weighted by Crippen LogP contribution is 2.20. The third-order valence-corrected chi connectivity index (χ3v) is 3.43. The molecule has 104 valence electrons. The Kier molecular flexibility index (Phi) is 4.79. The Morgan fingerprint density at radius 1 is 1.15 bits per heavy atom. The van der Waals surface area contributed by atoms with Gasteiger partial charge < -0.3 is 10.6 Å². The van der Waals surface area contributed by atoms with Gasteiger partial charge in [0.05, 0.1) is 6.54 Å². The fraction of sp³-hybridized carbons (Fsp3) is 0.188. The number of aryl methyl sites for hydroxylation is 2. The third-order valence-electron chi connectivity index (χ3n) is 2.94. The average molecular weight is 333 g/mol. The van der Waals surface area contributed by atoms with Crippen LogP contribution in [-0.2, 0) is 4.79 Å². The van der Waals surface area contributed by atoms with Gasteiger partial charge in [-0.2, -0.15) is 0 Å². The molecule has 0 atom stereocenters. The smallest absolute Gasteiger partial charge is 0.243 e. The number of rotatable bonds is 4. The predicted octanol–water partition coefficient (Wildman–Crippen LogP) is 4.12. The van der Waals surface area contributed by atoms with Crippen molar-refractivity contribution in [2.75, 3.05) is 17.2 Å². The molecule has 0 aliphatic heterocycles. The lowest BCUT2D eigenvalue weighted by Crippen LogP contribution is -2.22. The van der Waals surface area contributed by atoms with Crippen molar-refractivity contribution in [3.63, 3.8) is 0 Å². The van der Waals surface area contributed by atoms with Crippen molar-refractivity contribution >= 4 is 33.2 Å². The summed E-state index contributed by atoms with van der Waals surface area (Å²) < 4.78 is 0.990. The first-order valence-corrected chi connectivity index (χ1v) is 7.20. The first-order valence-electron chi connectivity index (χ1n) is 6.41. The fourth-order valence-electron chi connectivity index (χ4n) is 1.89. The van der Waals surface area contributed by atoms with E-state index in [0.717, 1.165) is 27.0 Å². The highest BCUT2D eigenvalue weighted by atomic mass is 79.9. The van der Waals surface area contributed by atoms with Gasteiger partial charge >= 0.3 is 0 Å². The Morgan fingerprint density at radius 3 is 2.70 bits per heavy atom. The summed E-state index contributed by atoms with van der Waals surface area (Å²) in [6, 6.07) is 13.7. The van der Waals surface area contributed by atoms with Crippen LogP contribution < -0.4 is 10.6 Å². The Labute approximate surface area is 127 Å². The lowest BCUT2D eigenvalue weighted by molar-refractivity contribution is -0.114. The van der Waals surface area contributed by atoms with Crippen molar-refractivity contribution in [1.82, 2.24) is 0 Å². The third kappa shape index (κ3) is 4.10. The highest BCUT2D eigenvalue weighted by molar-refractivity contribution is 9.10. The van der Waals surface area contributed by atoms with Crippen LogP contribution in [0.25, 0.3) is 0 Å². The number of nitrogens with one attached hydrogen (secondary N) is 2. The van der Waals surface area contributed by atoms with Crippen molar-refractivity contribution in [3.05, 3.63) is 58.1 Å². The second-order valence-corrected chi connectivity index (χ2v) is 5.65. The van der Waals surface area contributed by atoms with Crippen LogP contribution >= 0.6 is 15.9 Å². The van der Waals surface area contributed by atoms with Crippen LogP contribution in [-0.4, -0.2) is 12.5 Å². The summed E-state index contributed by atoms with van der Waals surface area (Å²) in [5, 5.41) is 6.02. The second-order valence-electron chi connectivity index (χ2n) is 4.73. The molecule has 0 radical (unpaired) electrons. The number of carbonyl (C=O) groups excluding carboxylic acids is 1. The molecule has 0 saturated carbocycles. The van der Waals surface area contributed by atoms with E-state index in [1.165, 1.54) is 0 Å². The Morgan fingerprint density at radius 2 is 1.95 bits per heavy atom. The molecule has 4 heteroatoms. The van der Waals surface area contributed by atoms with E-state index in [9.17, 15) is 4.79 Å². The monoisotopic (exact) mass is 332 g/mol. The number of anilines is 2. The highest BCUT2D eigenvalue weighted by Gasteiger charge is 2.04. The Bertz CT molecular complexity index is 626. The standard InChI is InChI=1S/C16H17BrN2O/c1-11-4-3-5-14(8-11)19-16(20)10-18-15-9-13(17)7-6-12(15)2/h3-9,18H,10H2,1-2H3,(H,19,20). The predicted molar refractivity (Wildman–Crippen MR) is 87.2 cm³/mol. The van der Waals surface area contributed by atoms with Gasteiger partial charge in [0.2, 0.25) is 5.91 Å². The second kappa shape index (κ2) is 6.57. The molecule has 3 nitrogen and oxygen atoms in total. The molecule has 2 aromatic carbocycles. The lowest BCUT2D eigenvalue weighted by atomic mass is 10.2. The fourth-order valence-corrected chi connectivity index (χ4v) is 2.25. The van der Waals surface area contributed by atoms with E-state index in [0.29, 0.717) is 0 Å². The number of hydrogen-bond acceptors (Lipinski definition) is 2. The molecular formula is C16H17BrN2O. The largest absolute Gasteiger partial charge is 0.376 e.